The average molecular weight is 462 g/mol. The molecular weight excluding hydrogens is 434 g/mol. The first kappa shape index (κ1) is 23.6. The number of nitrogens with one attached hydrogen (secondary N) is 3. The maximum absolute atomic E-state index is 13.4. The standard InChI is InChI=1S/C21H27N5O5S/c22-9-18(27)24-16(11-32)19(28)25-15(20(29)26-7-3-6-17(26)21(30)31)8-12-10-23-14-5-2-1-4-13(12)14/h1-2,4-5,10,15-17,23,32H,3,6-9,11,22H2,(H,24,27)(H,25,28)(H,30,31). The van der Waals surface area contributed by atoms with Crippen LogP contribution in [0.15, 0.2) is 30.5 Å². The number of aliphatic carboxylic acids is 1. The van der Waals surface area contributed by atoms with Gasteiger partial charge in [0.25, 0.3) is 0 Å². The molecule has 0 spiro atoms. The quantitative estimate of drug-likeness (QED) is 0.280. The summed E-state index contributed by atoms with van der Waals surface area (Å²) in [6.45, 7) is 0.0132. The lowest BCUT2D eigenvalue weighted by Gasteiger charge is -2.28. The number of para-hydroxylation sites is 1. The van der Waals surface area contributed by atoms with Crippen molar-refractivity contribution in [3.63, 3.8) is 0 Å². The van der Waals surface area contributed by atoms with E-state index in [2.05, 4.69) is 28.2 Å². The lowest BCUT2D eigenvalue weighted by atomic mass is 10.0. The number of fused-ring (bicyclic) bond motifs is 1. The van der Waals surface area contributed by atoms with Gasteiger partial charge < -0.3 is 31.4 Å². The number of aromatic nitrogens is 1. The summed E-state index contributed by atoms with van der Waals surface area (Å²) in [5, 5.41) is 15.6. The zero-order chi connectivity index (χ0) is 23.3. The van der Waals surface area contributed by atoms with Crippen LogP contribution in [0.25, 0.3) is 10.9 Å². The monoisotopic (exact) mass is 461 g/mol. The molecule has 3 amide bonds. The highest BCUT2D eigenvalue weighted by molar-refractivity contribution is 7.80. The highest BCUT2D eigenvalue weighted by Crippen LogP contribution is 2.22. The van der Waals surface area contributed by atoms with Crippen molar-refractivity contribution in [3.8, 4) is 0 Å². The van der Waals surface area contributed by atoms with Crippen molar-refractivity contribution >= 4 is 47.2 Å². The van der Waals surface area contributed by atoms with Gasteiger partial charge in [-0.1, -0.05) is 18.2 Å². The Morgan fingerprint density at radius 3 is 2.66 bits per heavy atom. The Morgan fingerprint density at radius 1 is 1.22 bits per heavy atom. The summed E-state index contributed by atoms with van der Waals surface area (Å²) in [7, 11) is 0. The van der Waals surface area contributed by atoms with Crippen LogP contribution in [0.1, 0.15) is 18.4 Å². The molecule has 6 N–H and O–H groups in total. The fourth-order valence-corrected chi connectivity index (χ4v) is 4.18. The second-order valence-corrected chi connectivity index (χ2v) is 8.02. The van der Waals surface area contributed by atoms with Gasteiger partial charge in [-0.2, -0.15) is 12.6 Å². The zero-order valence-corrected chi connectivity index (χ0v) is 18.3. The summed E-state index contributed by atoms with van der Waals surface area (Å²) in [6.07, 6.45) is 2.85. The minimum Gasteiger partial charge on any atom is -0.480 e. The van der Waals surface area contributed by atoms with Gasteiger partial charge in [0.2, 0.25) is 17.7 Å². The molecule has 3 atom stereocenters. The van der Waals surface area contributed by atoms with Gasteiger partial charge in [0.15, 0.2) is 0 Å². The molecule has 2 heterocycles. The molecule has 1 aromatic carbocycles. The fraction of sp³-hybridized carbons (Fsp3) is 0.429. The van der Waals surface area contributed by atoms with Crippen molar-refractivity contribution in [2.75, 3.05) is 18.8 Å². The summed E-state index contributed by atoms with van der Waals surface area (Å²) in [5.41, 5.74) is 6.99. The first-order chi connectivity index (χ1) is 15.3. The Balaban J connectivity index is 1.86. The molecule has 10 nitrogen and oxygen atoms in total. The average Bonchev–Trinajstić information content (AvgIpc) is 3.44. The second-order valence-electron chi connectivity index (χ2n) is 7.66. The van der Waals surface area contributed by atoms with Gasteiger partial charge >= 0.3 is 5.97 Å². The van der Waals surface area contributed by atoms with Crippen molar-refractivity contribution in [1.82, 2.24) is 20.5 Å². The number of likely N-dealkylation sites (tertiary alicyclic amines) is 1. The van der Waals surface area contributed by atoms with E-state index in [1.54, 1.807) is 6.20 Å². The highest BCUT2D eigenvalue weighted by atomic mass is 32.1. The number of aromatic amines is 1. The third-order valence-corrected chi connectivity index (χ3v) is 5.92. The second kappa shape index (κ2) is 10.5. The summed E-state index contributed by atoms with van der Waals surface area (Å²) in [6, 6.07) is 4.62. The number of nitrogens with two attached hydrogens (primary N) is 1. The Bertz CT molecular complexity index is 1010. The molecule has 0 bridgehead atoms. The molecule has 11 heteroatoms. The molecule has 1 aliphatic rings. The van der Waals surface area contributed by atoms with Crippen LogP contribution in [0.5, 0.6) is 0 Å². The molecule has 1 saturated heterocycles. The summed E-state index contributed by atoms with van der Waals surface area (Å²) in [5.74, 6) is -2.66. The van der Waals surface area contributed by atoms with E-state index in [1.165, 1.54) is 4.90 Å². The van der Waals surface area contributed by atoms with E-state index in [0.29, 0.717) is 19.4 Å². The van der Waals surface area contributed by atoms with Gasteiger partial charge in [-0.15, -0.1) is 0 Å². The van der Waals surface area contributed by atoms with E-state index in [-0.39, 0.29) is 18.7 Å². The number of thiol groups is 1. The van der Waals surface area contributed by atoms with Crippen molar-refractivity contribution < 1.29 is 24.3 Å². The minimum absolute atomic E-state index is 0.00698. The van der Waals surface area contributed by atoms with Crippen LogP contribution in [0, 0.1) is 0 Å². The third kappa shape index (κ3) is 5.22. The fourth-order valence-electron chi connectivity index (χ4n) is 3.93. The molecule has 1 fully saturated rings. The molecule has 3 rings (SSSR count). The van der Waals surface area contributed by atoms with Gasteiger partial charge in [0.1, 0.15) is 18.1 Å². The lowest BCUT2D eigenvalue weighted by Crippen LogP contribution is -2.57. The van der Waals surface area contributed by atoms with E-state index >= 15 is 0 Å². The van der Waals surface area contributed by atoms with Crippen molar-refractivity contribution in [3.05, 3.63) is 36.0 Å². The molecule has 172 valence electrons. The zero-order valence-electron chi connectivity index (χ0n) is 17.4. The number of rotatable bonds is 9. The van der Waals surface area contributed by atoms with Gasteiger partial charge in [-0.3, -0.25) is 14.4 Å². The summed E-state index contributed by atoms with van der Waals surface area (Å²) >= 11 is 4.11. The normalized spacial score (nSPS) is 17.7. The summed E-state index contributed by atoms with van der Waals surface area (Å²) in [4.78, 5) is 53.9. The van der Waals surface area contributed by atoms with E-state index in [4.69, 9.17) is 5.73 Å². The number of benzene rings is 1. The number of carboxylic acids is 1. The first-order valence-electron chi connectivity index (χ1n) is 10.3. The van der Waals surface area contributed by atoms with E-state index in [9.17, 15) is 24.3 Å². The highest BCUT2D eigenvalue weighted by Gasteiger charge is 2.38. The number of hydrogen-bond donors (Lipinski definition) is 6. The number of nitrogens with zero attached hydrogens (tertiary/aromatic N) is 1. The maximum atomic E-state index is 13.4. The van der Waals surface area contributed by atoms with Gasteiger partial charge in [-0.25, -0.2) is 4.79 Å². The lowest BCUT2D eigenvalue weighted by molar-refractivity contribution is -0.149. The number of carbonyl (C=O) groups is 4. The van der Waals surface area contributed by atoms with E-state index in [1.807, 2.05) is 24.3 Å². The predicted octanol–water partition coefficient (Wildman–Crippen LogP) is -0.356. The molecule has 2 aromatic rings. The number of carboxylic acid groups (broad SMARTS) is 1. The van der Waals surface area contributed by atoms with Crippen molar-refractivity contribution in [2.45, 2.75) is 37.4 Å². The largest absolute Gasteiger partial charge is 0.480 e. The van der Waals surface area contributed by atoms with Crippen LogP contribution >= 0.6 is 12.6 Å². The number of amides is 3. The third-order valence-electron chi connectivity index (χ3n) is 5.55. The van der Waals surface area contributed by atoms with Crippen molar-refractivity contribution in [2.24, 2.45) is 5.73 Å². The Kier molecular flexibility index (Phi) is 7.75. The first-order valence-corrected chi connectivity index (χ1v) is 11.0. The van der Waals surface area contributed by atoms with Crippen LogP contribution in [0.4, 0.5) is 0 Å². The minimum atomic E-state index is -1.07. The van der Waals surface area contributed by atoms with Crippen LogP contribution in [-0.2, 0) is 25.6 Å². The molecule has 0 aliphatic carbocycles. The molecular formula is C21H27N5O5S. The molecule has 32 heavy (non-hydrogen) atoms. The molecule has 0 saturated carbocycles. The molecule has 3 unspecified atom stereocenters. The van der Waals surface area contributed by atoms with Crippen LogP contribution in [0.3, 0.4) is 0 Å². The Labute approximate surface area is 190 Å². The Hall–Kier alpha value is -3.05. The molecule has 1 aromatic heterocycles. The van der Waals surface area contributed by atoms with Gasteiger partial charge in [-0.05, 0) is 24.5 Å². The number of hydrogen-bond acceptors (Lipinski definition) is 6. The van der Waals surface area contributed by atoms with Gasteiger partial charge in [0.05, 0.1) is 6.54 Å². The van der Waals surface area contributed by atoms with Crippen LogP contribution in [0.2, 0.25) is 0 Å². The van der Waals surface area contributed by atoms with E-state index < -0.39 is 41.8 Å². The van der Waals surface area contributed by atoms with E-state index in [0.717, 1.165) is 16.5 Å². The Morgan fingerprint density at radius 2 is 1.97 bits per heavy atom. The predicted molar refractivity (Wildman–Crippen MR) is 121 cm³/mol. The van der Waals surface area contributed by atoms with Crippen LogP contribution in [-0.4, -0.2) is 75.6 Å². The topological polar surface area (TPSA) is 158 Å². The SMILES string of the molecule is NCC(=O)NC(CS)C(=O)NC(Cc1c[nH]c2ccccc12)C(=O)N1CCCC1C(=O)O. The number of carbonyl (C=O) groups excluding carboxylic acids is 3. The summed E-state index contributed by atoms with van der Waals surface area (Å²) < 4.78 is 0. The smallest absolute Gasteiger partial charge is 0.326 e. The van der Waals surface area contributed by atoms with Crippen molar-refractivity contribution in [1.29, 1.82) is 0 Å². The number of H-pyrrole nitrogens is 1. The molecule has 1 aliphatic heterocycles. The maximum Gasteiger partial charge on any atom is 0.326 e. The molecule has 0 radical (unpaired) electrons. The van der Waals surface area contributed by atoms with Gasteiger partial charge in [0, 0.05) is 35.8 Å². The van der Waals surface area contributed by atoms with Crippen LogP contribution < -0.4 is 16.4 Å².